The zero-order valence-corrected chi connectivity index (χ0v) is 24.6. The van der Waals surface area contributed by atoms with E-state index < -0.39 is 0 Å². The fourth-order valence-corrected chi connectivity index (χ4v) is 7.39. The monoisotopic (exact) mass is 606 g/mol. The number of phenolic OH excluding ortho intramolecular Hbond substituents is 1. The fraction of sp³-hybridized carbons (Fsp3) is 0.375. The Kier molecular flexibility index (Phi) is 8.51. The van der Waals surface area contributed by atoms with Crippen LogP contribution >= 0.6 is 27.3 Å². The number of fused-ring (bicyclic) bond motifs is 1. The molecular formula is C32H35BrN2O3S. The third kappa shape index (κ3) is 6.50. The number of hydrogen-bond donors (Lipinski definition) is 1. The zero-order chi connectivity index (χ0) is 26.6. The van der Waals surface area contributed by atoms with Gasteiger partial charge in [-0.1, -0.05) is 28.1 Å². The molecule has 1 aromatic heterocycles. The van der Waals surface area contributed by atoms with Gasteiger partial charge in [-0.25, -0.2) is 0 Å². The standard InChI is InChI=1S/C32H35BrN2O3S/c33-30-20-23(3-4-25(30)22-35-11-1-2-12-35)19-29-28-10-7-26(36)21-31(28)39-32(29)24-5-8-27(9-6-24)38-18-15-34-13-16-37-17-14-34/h3-10,20-21,36H,1-2,11-19,22H2. The predicted octanol–water partition coefficient (Wildman–Crippen LogP) is 6.93. The maximum atomic E-state index is 10.2. The summed E-state index contributed by atoms with van der Waals surface area (Å²) in [6, 6.07) is 21.0. The first-order valence-electron chi connectivity index (χ1n) is 13.9. The maximum absolute atomic E-state index is 10.2. The molecule has 3 heterocycles. The molecule has 5 nitrogen and oxygen atoms in total. The van der Waals surface area contributed by atoms with Crippen molar-refractivity contribution in [1.82, 2.24) is 9.80 Å². The maximum Gasteiger partial charge on any atom is 0.119 e. The summed E-state index contributed by atoms with van der Waals surface area (Å²) < 4.78 is 13.8. The Morgan fingerprint density at radius 2 is 1.69 bits per heavy atom. The normalized spacial score (nSPS) is 16.7. The van der Waals surface area contributed by atoms with Gasteiger partial charge in [-0.05, 0) is 109 Å². The Morgan fingerprint density at radius 1 is 0.897 bits per heavy atom. The molecule has 2 saturated heterocycles. The van der Waals surface area contributed by atoms with Crippen LogP contribution in [0.3, 0.4) is 0 Å². The first-order valence-corrected chi connectivity index (χ1v) is 15.5. The molecule has 204 valence electrons. The highest BCUT2D eigenvalue weighted by molar-refractivity contribution is 9.10. The Balaban J connectivity index is 1.21. The molecule has 2 fully saturated rings. The number of halogens is 1. The van der Waals surface area contributed by atoms with Crippen molar-refractivity contribution in [3.8, 4) is 21.9 Å². The molecular weight excluding hydrogens is 572 g/mol. The topological polar surface area (TPSA) is 45.2 Å². The molecule has 0 atom stereocenters. The van der Waals surface area contributed by atoms with Crippen LogP contribution in [0.25, 0.3) is 20.5 Å². The van der Waals surface area contributed by atoms with E-state index in [1.54, 1.807) is 17.4 Å². The molecule has 39 heavy (non-hydrogen) atoms. The summed E-state index contributed by atoms with van der Waals surface area (Å²) in [5.41, 5.74) is 5.11. The molecule has 0 unspecified atom stereocenters. The number of thiophene rings is 1. The summed E-state index contributed by atoms with van der Waals surface area (Å²) in [5.74, 6) is 1.20. The lowest BCUT2D eigenvalue weighted by Gasteiger charge is -2.26. The number of phenols is 1. The summed E-state index contributed by atoms with van der Waals surface area (Å²) in [6.07, 6.45) is 3.45. The van der Waals surface area contributed by atoms with Crippen molar-refractivity contribution in [2.45, 2.75) is 25.8 Å². The molecule has 0 bridgehead atoms. The number of likely N-dealkylation sites (tertiary alicyclic amines) is 1. The van der Waals surface area contributed by atoms with E-state index in [-0.39, 0.29) is 0 Å². The smallest absolute Gasteiger partial charge is 0.119 e. The van der Waals surface area contributed by atoms with Crippen LogP contribution in [0.15, 0.2) is 65.1 Å². The second-order valence-electron chi connectivity index (χ2n) is 10.5. The summed E-state index contributed by atoms with van der Waals surface area (Å²) in [4.78, 5) is 6.16. The molecule has 0 aliphatic carbocycles. The lowest BCUT2D eigenvalue weighted by atomic mass is 9.98. The summed E-state index contributed by atoms with van der Waals surface area (Å²) >= 11 is 5.60. The van der Waals surface area contributed by atoms with Crippen molar-refractivity contribution in [3.63, 3.8) is 0 Å². The van der Waals surface area contributed by atoms with Gasteiger partial charge in [-0.3, -0.25) is 9.80 Å². The number of aromatic hydroxyl groups is 1. The van der Waals surface area contributed by atoms with Gasteiger partial charge in [0.25, 0.3) is 0 Å². The zero-order valence-electron chi connectivity index (χ0n) is 22.2. The van der Waals surface area contributed by atoms with E-state index in [4.69, 9.17) is 9.47 Å². The van der Waals surface area contributed by atoms with Crippen LogP contribution in [0.2, 0.25) is 0 Å². The van der Waals surface area contributed by atoms with Crippen LogP contribution in [-0.2, 0) is 17.7 Å². The van der Waals surface area contributed by atoms with Crippen LogP contribution in [0.4, 0.5) is 0 Å². The first kappa shape index (κ1) is 26.8. The van der Waals surface area contributed by atoms with Gasteiger partial charge in [0.1, 0.15) is 18.1 Å². The van der Waals surface area contributed by atoms with E-state index in [2.05, 4.69) is 74.3 Å². The number of rotatable bonds is 9. The third-order valence-electron chi connectivity index (χ3n) is 7.76. The van der Waals surface area contributed by atoms with Gasteiger partial charge >= 0.3 is 0 Å². The van der Waals surface area contributed by atoms with E-state index >= 15 is 0 Å². The van der Waals surface area contributed by atoms with Crippen LogP contribution in [0, 0.1) is 0 Å². The van der Waals surface area contributed by atoms with Gasteiger partial charge in [0.15, 0.2) is 0 Å². The number of benzene rings is 3. The number of ether oxygens (including phenoxy) is 2. The fourth-order valence-electron chi connectivity index (χ4n) is 5.58. The molecule has 0 saturated carbocycles. The van der Waals surface area contributed by atoms with Crippen LogP contribution < -0.4 is 4.74 Å². The average molecular weight is 608 g/mol. The van der Waals surface area contributed by atoms with Crippen molar-refractivity contribution in [3.05, 3.63) is 81.8 Å². The van der Waals surface area contributed by atoms with Crippen LogP contribution in [0.5, 0.6) is 11.5 Å². The van der Waals surface area contributed by atoms with E-state index in [0.717, 1.165) is 56.3 Å². The van der Waals surface area contributed by atoms with Gasteiger partial charge in [-0.15, -0.1) is 11.3 Å². The predicted molar refractivity (Wildman–Crippen MR) is 163 cm³/mol. The summed E-state index contributed by atoms with van der Waals surface area (Å²) in [5, 5.41) is 11.4. The van der Waals surface area contributed by atoms with Crippen molar-refractivity contribution in [2.24, 2.45) is 0 Å². The highest BCUT2D eigenvalue weighted by Gasteiger charge is 2.17. The molecule has 2 aliphatic heterocycles. The Morgan fingerprint density at radius 3 is 2.46 bits per heavy atom. The quantitative estimate of drug-likeness (QED) is 0.224. The highest BCUT2D eigenvalue weighted by Crippen LogP contribution is 2.41. The first-order chi connectivity index (χ1) is 19.1. The third-order valence-corrected chi connectivity index (χ3v) is 9.75. The molecule has 1 N–H and O–H groups in total. The minimum atomic E-state index is 0.305. The Hall–Kier alpha value is -2.42. The van der Waals surface area contributed by atoms with Crippen molar-refractivity contribution < 1.29 is 14.6 Å². The van der Waals surface area contributed by atoms with Crippen LogP contribution in [-0.4, -0.2) is 67.5 Å². The minimum Gasteiger partial charge on any atom is -0.508 e. The number of hydrogen-bond acceptors (Lipinski definition) is 6. The van der Waals surface area contributed by atoms with E-state index in [9.17, 15) is 5.11 Å². The average Bonchev–Trinajstić information content (AvgIpc) is 3.59. The SMILES string of the molecule is Oc1ccc2c(Cc3ccc(CN4CCCC4)c(Br)c3)c(-c3ccc(OCCN4CCOCC4)cc3)sc2c1. The summed E-state index contributed by atoms with van der Waals surface area (Å²) in [6.45, 7) is 8.57. The van der Waals surface area contributed by atoms with Gasteiger partial charge in [0, 0.05) is 40.2 Å². The minimum absolute atomic E-state index is 0.305. The highest BCUT2D eigenvalue weighted by atomic mass is 79.9. The Labute approximate surface area is 243 Å². The molecule has 0 radical (unpaired) electrons. The lowest BCUT2D eigenvalue weighted by Crippen LogP contribution is -2.38. The largest absolute Gasteiger partial charge is 0.508 e. The van der Waals surface area contributed by atoms with Gasteiger partial charge in [0.2, 0.25) is 0 Å². The second-order valence-corrected chi connectivity index (χ2v) is 12.4. The lowest BCUT2D eigenvalue weighted by molar-refractivity contribution is 0.0322. The van der Waals surface area contributed by atoms with Gasteiger partial charge < -0.3 is 14.6 Å². The van der Waals surface area contributed by atoms with E-state index in [1.165, 1.54) is 62.9 Å². The van der Waals surface area contributed by atoms with Gasteiger partial charge in [-0.2, -0.15) is 0 Å². The second kappa shape index (κ2) is 12.4. The van der Waals surface area contributed by atoms with Crippen molar-refractivity contribution in [1.29, 1.82) is 0 Å². The van der Waals surface area contributed by atoms with Crippen LogP contribution in [0.1, 0.15) is 29.5 Å². The molecule has 4 aromatic rings. The molecule has 0 amide bonds. The Bertz CT molecular complexity index is 1410. The molecule has 6 rings (SSSR count). The molecule has 3 aromatic carbocycles. The van der Waals surface area contributed by atoms with E-state index in [0.29, 0.717) is 12.4 Å². The van der Waals surface area contributed by atoms with Gasteiger partial charge in [0.05, 0.1) is 13.2 Å². The molecule has 7 heteroatoms. The summed E-state index contributed by atoms with van der Waals surface area (Å²) in [7, 11) is 0. The number of morpholine rings is 1. The molecule has 2 aliphatic rings. The van der Waals surface area contributed by atoms with E-state index in [1.807, 2.05) is 6.07 Å². The van der Waals surface area contributed by atoms with Crippen molar-refractivity contribution in [2.75, 3.05) is 52.5 Å². The molecule has 0 spiro atoms. The number of nitrogens with zero attached hydrogens (tertiary/aromatic N) is 2. The van der Waals surface area contributed by atoms with Crippen molar-refractivity contribution >= 4 is 37.4 Å².